The molecule has 0 saturated heterocycles. The van der Waals surface area contributed by atoms with Gasteiger partial charge in [0.25, 0.3) is 0 Å². The molecule has 0 bridgehead atoms. The van der Waals surface area contributed by atoms with Crippen LogP contribution in [0.2, 0.25) is 0 Å². The van der Waals surface area contributed by atoms with Crippen LogP contribution in [-0.4, -0.2) is 15.6 Å². The van der Waals surface area contributed by atoms with Gasteiger partial charge in [0.15, 0.2) is 5.78 Å². The molecule has 3 heteroatoms. The van der Waals surface area contributed by atoms with E-state index in [0.29, 0.717) is 17.1 Å². The van der Waals surface area contributed by atoms with Crippen LogP contribution in [-0.2, 0) is 11.3 Å². The lowest BCUT2D eigenvalue weighted by molar-refractivity contribution is -0.137. The Kier molecular flexibility index (Phi) is 4.37. The Hall–Kier alpha value is -1.38. The average molecular weight is 381 g/mol. The molecular weight excluding hydrogens is 344 g/mol. The molecule has 4 aliphatic rings. The van der Waals surface area contributed by atoms with Crippen molar-refractivity contribution in [2.24, 2.45) is 34.5 Å². The fourth-order valence-corrected chi connectivity index (χ4v) is 7.90. The lowest BCUT2D eigenvalue weighted by Crippen LogP contribution is -2.52. The van der Waals surface area contributed by atoms with Gasteiger partial charge in [-0.05, 0) is 98.7 Å². The van der Waals surface area contributed by atoms with Crippen LogP contribution in [0, 0.1) is 34.5 Å². The zero-order chi connectivity index (χ0) is 19.5. The molecular formula is C25H36N2O. The molecule has 0 radical (unpaired) electrons. The zero-order valence-electron chi connectivity index (χ0n) is 17.9. The normalized spacial score (nSPS) is 44.2. The van der Waals surface area contributed by atoms with Gasteiger partial charge in [0, 0.05) is 18.2 Å². The quantitative estimate of drug-likeness (QED) is 0.599. The van der Waals surface area contributed by atoms with Gasteiger partial charge in [-0.2, -0.15) is 5.10 Å². The van der Waals surface area contributed by atoms with Crippen molar-refractivity contribution in [2.45, 2.75) is 85.1 Å². The number of Topliss-reactive ketones (excluding diaryl/α,β-unsaturated/α-hetero) is 1. The van der Waals surface area contributed by atoms with Crippen molar-refractivity contribution in [3.8, 4) is 0 Å². The number of hydrogen-bond acceptors (Lipinski definition) is 2. The third kappa shape index (κ3) is 2.60. The summed E-state index contributed by atoms with van der Waals surface area (Å²) in [5.74, 6) is 3.52. The minimum atomic E-state index is -0.127. The second-order valence-electron chi connectivity index (χ2n) is 10.7. The van der Waals surface area contributed by atoms with Crippen LogP contribution in [0.3, 0.4) is 0 Å². The number of nitrogens with zero attached hydrogens (tertiary/aromatic N) is 2. The summed E-state index contributed by atoms with van der Waals surface area (Å²) in [4.78, 5) is 13.5. The summed E-state index contributed by atoms with van der Waals surface area (Å²) in [6.45, 7) is 7.88. The predicted octanol–water partition coefficient (Wildman–Crippen LogP) is 5.90. The van der Waals surface area contributed by atoms with Gasteiger partial charge in [-0.3, -0.25) is 9.48 Å². The SMILES string of the molecule is CCn1ccc(/C=C2/C[C@@H]3[C@H]4CC[C@@H]5CCCC[C@]5(C)[C@@H]4CC[C@]3(C)C2=O)n1. The first-order chi connectivity index (χ1) is 13.5. The van der Waals surface area contributed by atoms with Gasteiger partial charge in [0.2, 0.25) is 0 Å². The summed E-state index contributed by atoms with van der Waals surface area (Å²) in [6.07, 6.45) is 16.0. The molecule has 6 atom stereocenters. The number of hydrogen-bond donors (Lipinski definition) is 0. The van der Waals surface area contributed by atoms with Crippen LogP contribution in [0.4, 0.5) is 0 Å². The molecule has 0 aliphatic heterocycles. The Morgan fingerprint density at radius 3 is 2.79 bits per heavy atom. The molecule has 0 amide bonds. The van der Waals surface area contributed by atoms with Crippen LogP contribution in [0.5, 0.6) is 0 Å². The van der Waals surface area contributed by atoms with E-state index in [4.69, 9.17) is 0 Å². The number of ketones is 1. The molecule has 4 saturated carbocycles. The Morgan fingerprint density at radius 2 is 2.00 bits per heavy atom. The largest absolute Gasteiger partial charge is 0.294 e. The van der Waals surface area contributed by atoms with Gasteiger partial charge >= 0.3 is 0 Å². The van der Waals surface area contributed by atoms with Gasteiger partial charge in [-0.1, -0.05) is 26.7 Å². The van der Waals surface area contributed by atoms with Crippen molar-refractivity contribution >= 4 is 11.9 Å². The minimum Gasteiger partial charge on any atom is -0.294 e. The maximum Gasteiger partial charge on any atom is 0.165 e. The number of rotatable bonds is 2. The van der Waals surface area contributed by atoms with E-state index in [-0.39, 0.29) is 5.41 Å². The minimum absolute atomic E-state index is 0.127. The highest BCUT2D eigenvalue weighted by Crippen LogP contribution is 2.66. The van der Waals surface area contributed by atoms with E-state index in [9.17, 15) is 4.79 Å². The van der Waals surface area contributed by atoms with E-state index in [2.05, 4.69) is 31.9 Å². The van der Waals surface area contributed by atoms with Crippen LogP contribution >= 0.6 is 0 Å². The number of aromatic nitrogens is 2. The smallest absolute Gasteiger partial charge is 0.165 e. The fourth-order valence-electron chi connectivity index (χ4n) is 7.90. The summed E-state index contributed by atoms with van der Waals surface area (Å²) in [6, 6.07) is 2.05. The van der Waals surface area contributed by atoms with E-state index in [1.54, 1.807) is 0 Å². The second kappa shape index (κ2) is 6.57. The molecule has 0 spiro atoms. The van der Waals surface area contributed by atoms with Crippen molar-refractivity contribution in [2.75, 3.05) is 0 Å². The van der Waals surface area contributed by atoms with E-state index < -0.39 is 0 Å². The first-order valence-corrected chi connectivity index (χ1v) is 11.7. The topological polar surface area (TPSA) is 34.9 Å². The molecule has 4 aliphatic carbocycles. The lowest BCUT2D eigenvalue weighted by atomic mass is 9.45. The molecule has 28 heavy (non-hydrogen) atoms. The average Bonchev–Trinajstić information content (AvgIpc) is 3.25. The summed E-state index contributed by atoms with van der Waals surface area (Å²) in [5.41, 5.74) is 2.41. The monoisotopic (exact) mass is 380 g/mol. The predicted molar refractivity (Wildman–Crippen MR) is 113 cm³/mol. The Labute approximate surface area is 170 Å². The van der Waals surface area contributed by atoms with Crippen LogP contribution in [0.15, 0.2) is 17.8 Å². The highest BCUT2D eigenvalue weighted by atomic mass is 16.1. The van der Waals surface area contributed by atoms with Crippen molar-refractivity contribution < 1.29 is 4.79 Å². The van der Waals surface area contributed by atoms with Crippen molar-refractivity contribution in [1.82, 2.24) is 9.78 Å². The third-order valence-electron chi connectivity index (χ3n) is 9.53. The molecule has 0 aromatic carbocycles. The molecule has 5 rings (SSSR count). The van der Waals surface area contributed by atoms with E-state index in [1.807, 2.05) is 16.9 Å². The standard InChI is InChI=1S/C25H36N2O/c1-4-27-14-11-19(26-27)15-17-16-22-20-9-8-18-7-5-6-12-24(18,2)21(20)10-13-25(22,3)23(17)28/h11,14-15,18,20-22H,4-10,12-13,16H2,1-3H3/b17-15-/t18-,20-,21+,22+,24-,25-/m0/s1. The Balaban J connectivity index is 1.45. The van der Waals surface area contributed by atoms with E-state index in [1.165, 1.54) is 44.9 Å². The third-order valence-corrected chi connectivity index (χ3v) is 9.53. The molecule has 152 valence electrons. The second-order valence-corrected chi connectivity index (χ2v) is 10.7. The summed E-state index contributed by atoms with van der Waals surface area (Å²) >= 11 is 0. The molecule has 1 heterocycles. The maximum absolute atomic E-state index is 13.5. The van der Waals surface area contributed by atoms with Crippen LogP contribution < -0.4 is 0 Å². The van der Waals surface area contributed by atoms with E-state index in [0.717, 1.165) is 48.4 Å². The first-order valence-electron chi connectivity index (χ1n) is 11.7. The highest BCUT2D eigenvalue weighted by molar-refractivity contribution is 6.05. The highest BCUT2D eigenvalue weighted by Gasteiger charge is 2.60. The number of carbonyl (C=O) groups excluding carboxylic acids is 1. The van der Waals surface area contributed by atoms with Gasteiger partial charge in [0.05, 0.1) is 5.69 Å². The van der Waals surface area contributed by atoms with Crippen molar-refractivity contribution in [1.29, 1.82) is 0 Å². The van der Waals surface area contributed by atoms with Gasteiger partial charge < -0.3 is 0 Å². The van der Waals surface area contributed by atoms with Gasteiger partial charge in [0.1, 0.15) is 0 Å². The van der Waals surface area contributed by atoms with Crippen molar-refractivity contribution in [3.05, 3.63) is 23.5 Å². The zero-order valence-corrected chi connectivity index (χ0v) is 17.9. The lowest BCUT2D eigenvalue weighted by Gasteiger charge is -2.59. The molecule has 0 N–H and O–H groups in total. The van der Waals surface area contributed by atoms with Crippen LogP contribution in [0.1, 0.15) is 84.3 Å². The van der Waals surface area contributed by atoms with Crippen LogP contribution in [0.25, 0.3) is 6.08 Å². The molecule has 0 unspecified atom stereocenters. The molecule has 1 aromatic heterocycles. The molecule has 1 aromatic rings. The first kappa shape index (κ1) is 18.6. The summed E-state index contributed by atoms with van der Waals surface area (Å²) in [5, 5.41) is 4.60. The number of fused-ring (bicyclic) bond motifs is 5. The Morgan fingerprint density at radius 1 is 1.14 bits per heavy atom. The number of aryl methyl sites for hydroxylation is 1. The van der Waals surface area contributed by atoms with Gasteiger partial charge in [-0.25, -0.2) is 0 Å². The number of carbonyl (C=O) groups is 1. The fraction of sp³-hybridized carbons (Fsp3) is 0.760. The molecule has 4 fully saturated rings. The summed E-state index contributed by atoms with van der Waals surface area (Å²) < 4.78 is 1.95. The summed E-state index contributed by atoms with van der Waals surface area (Å²) in [7, 11) is 0. The maximum atomic E-state index is 13.5. The Bertz CT molecular complexity index is 807. The van der Waals surface area contributed by atoms with Crippen molar-refractivity contribution in [3.63, 3.8) is 0 Å². The number of allylic oxidation sites excluding steroid dienone is 1. The molecule has 3 nitrogen and oxygen atoms in total. The van der Waals surface area contributed by atoms with Gasteiger partial charge in [-0.15, -0.1) is 0 Å². The van der Waals surface area contributed by atoms with E-state index >= 15 is 0 Å².